The van der Waals surface area contributed by atoms with Crippen molar-refractivity contribution >= 4 is 46.4 Å². The van der Waals surface area contributed by atoms with Gasteiger partial charge in [0.1, 0.15) is 10.7 Å². The SMILES string of the molecule is Cn1nc(C(F)(F)F)c(Cl)c1C(=O)Nc1cnn(Cc2ccc(Cl)c(Cl)c2)c1. The van der Waals surface area contributed by atoms with E-state index >= 15 is 0 Å². The highest BCUT2D eigenvalue weighted by Gasteiger charge is 2.39. The highest BCUT2D eigenvalue weighted by Crippen LogP contribution is 2.35. The van der Waals surface area contributed by atoms with Gasteiger partial charge in [0.25, 0.3) is 5.91 Å². The Bertz CT molecular complexity index is 1040. The van der Waals surface area contributed by atoms with Crippen LogP contribution in [-0.4, -0.2) is 25.5 Å². The average molecular weight is 453 g/mol. The lowest BCUT2D eigenvalue weighted by Gasteiger charge is -2.05. The van der Waals surface area contributed by atoms with Crippen LogP contribution in [0.15, 0.2) is 30.6 Å². The first kappa shape index (κ1) is 20.5. The summed E-state index contributed by atoms with van der Waals surface area (Å²) in [5.41, 5.74) is -0.640. The second kappa shape index (κ2) is 7.65. The van der Waals surface area contributed by atoms with E-state index in [9.17, 15) is 18.0 Å². The van der Waals surface area contributed by atoms with Crippen molar-refractivity contribution in [2.24, 2.45) is 7.05 Å². The number of hydrogen-bond acceptors (Lipinski definition) is 3. The number of halogens is 6. The Balaban J connectivity index is 1.76. The lowest BCUT2D eigenvalue weighted by Crippen LogP contribution is -2.16. The van der Waals surface area contributed by atoms with Crippen LogP contribution in [-0.2, 0) is 19.8 Å². The van der Waals surface area contributed by atoms with Crippen LogP contribution in [0, 0.1) is 0 Å². The van der Waals surface area contributed by atoms with Crippen LogP contribution < -0.4 is 5.32 Å². The van der Waals surface area contributed by atoms with Gasteiger partial charge < -0.3 is 5.32 Å². The molecular formula is C16H11Cl3F3N5O. The number of amides is 1. The Kier molecular flexibility index (Phi) is 5.60. The van der Waals surface area contributed by atoms with Crippen LogP contribution in [0.5, 0.6) is 0 Å². The van der Waals surface area contributed by atoms with Crippen LogP contribution in [0.4, 0.5) is 18.9 Å². The first-order valence-corrected chi connectivity index (χ1v) is 8.77. The molecule has 3 aromatic rings. The van der Waals surface area contributed by atoms with Gasteiger partial charge in [0.2, 0.25) is 0 Å². The maximum atomic E-state index is 12.9. The molecule has 0 radical (unpaired) electrons. The van der Waals surface area contributed by atoms with E-state index in [4.69, 9.17) is 34.8 Å². The van der Waals surface area contributed by atoms with Crippen LogP contribution in [0.25, 0.3) is 0 Å². The molecule has 1 aromatic carbocycles. The molecule has 28 heavy (non-hydrogen) atoms. The smallest absolute Gasteiger partial charge is 0.318 e. The number of benzene rings is 1. The number of anilines is 1. The minimum absolute atomic E-state index is 0.274. The Morgan fingerprint density at radius 3 is 2.54 bits per heavy atom. The maximum Gasteiger partial charge on any atom is 0.436 e. The van der Waals surface area contributed by atoms with E-state index in [0.29, 0.717) is 16.6 Å². The van der Waals surface area contributed by atoms with Gasteiger partial charge in [-0.05, 0) is 17.7 Å². The molecule has 0 fully saturated rings. The van der Waals surface area contributed by atoms with Crippen molar-refractivity contribution in [2.75, 3.05) is 5.32 Å². The van der Waals surface area contributed by atoms with Crippen LogP contribution in [0.1, 0.15) is 21.7 Å². The Morgan fingerprint density at radius 2 is 1.93 bits per heavy atom. The predicted molar refractivity (Wildman–Crippen MR) is 99.0 cm³/mol. The zero-order valence-corrected chi connectivity index (χ0v) is 16.3. The van der Waals surface area contributed by atoms with Crippen molar-refractivity contribution in [3.63, 3.8) is 0 Å². The number of hydrogen-bond donors (Lipinski definition) is 1. The Hall–Kier alpha value is -2.23. The monoisotopic (exact) mass is 451 g/mol. The summed E-state index contributed by atoms with van der Waals surface area (Å²) in [6.07, 6.45) is -1.90. The van der Waals surface area contributed by atoms with Crippen molar-refractivity contribution in [3.8, 4) is 0 Å². The molecule has 0 atom stereocenters. The van der Waals surface area contributed by atoms with Crippen molar-refractivity contribution in [3.05, 3.63) is 62.6 Å². The summed E-state index contributed by atoms with van der Waals surface area (Å²) < 4.78 is 40.9. The number of nitrogens with one attached hydrogen (secondary N) is 1. The summed E-state index contributed by atoms with van der Waals surface area (Å²) in [5, 5.41) is 9.86. The fourth-order valence-corrected chi connectivity index (χ4v) is 3.13. The van der Waals surface area contributed by atoms with Crippen LogP contribution >= 0.6 is 34.8 Å². The van der Waals surface area contributed by atoms with Gasteiger partial charge in [-0.2, -0.15) is 23.4 Å². The second-order valence-electron chi connectivity index (χ2n) is 5.76. The fourth-order valence-electron chi connectivity index (χ4n) is 2.46. The molecule has 0 aliphatic carbocycles. The van der Waals surface area contributed by atoms with E-state index in [0.717, 1.165) is 10.2 Å². The van der Waals surface area contributed by atoms with E-state index in [2.05, 4.69) is 15.5 Å². The normalized spacial score (nSPS) is 11.7. The third-order valence-electron chi connectivity index (χ3n) is 3.69. The molecule has 1 N–H and O–H groups in total. The number of aryl methyl sites for hydroxylation is 1. The molecule has 1 amide bonds. The number of alkyl halides is 3. The molecule has 0 saturated carbocycles. The molecule has 0 unspecified atom stereocenters. The number of aromatic nitrogens is 4. The maximum absolute atomic E-state index is 12.9. The van der Waals surface area contributed by atoms with Crippen molar-refractivity contribution < 1.29 is 18.0 Å². The van der Waals surface area contributed by atoms with Gasteiger partial charge in [0.05, 0.1) is 28.5 Å². The summed E-state index contributed by atoms with van der Waals surface area (Å²) in [6.45, 7) is 0.345. The summed E-state index contributed by atoms with van der Waals surface area (Å²) in [5.74, 6) is -0.843. The van der Waals surface area contributed by atoms with Crippen molar-refractivity contribution in [1.82, 2.24) is 19.6 Å². The molecule has 0 saturated heterocycles. The number of carbonyl (C=O) groups excluding carboxylic acids is 1. The highest BCUT2D eigenvalue weighted by molar-refractivity contribution is 6.42. The van der Waals surface area contributed by atoms with E-state index < -0.39 is 28.5 Å². The number of carbonyl (C=O) groups is 1. The largest absolute Gasteiger partial charge is 0.436 e. The molecule has 12 heteroatoms. The van der Waals surface area contributed by atoms with E-state index in [1.165, 1.54) is 24.1 Å². The zero-order chi connectivity index (χ0) is 20.6. The quantitative estimate of drug-likeness (QED) is 0.613. The molecule has 2 aromatic heterocycles. The van der Waals surface area contributed by atoms with Gasteiger partial charge in [-0.3, -0.25) is 14.2 Å². The summed E-state index contributed by atoms with van der Waals surface area (Å²) in [7, 11) is 1.20. The zero-order valence-electron chi connectivity index (χ0n) is 14.1. The lowest BCUT2D eigenvalue weighted by molar-refractivity contribution is -0.141. The topological polar surface area (TPSA) is 64.7 Å². The third kappa shape index (κ3) is 4.26. The minimum Gasteiger partial charge on any atom is -0.318 e. The summed E-state index contributed by atoms with van der Waals surface area (Å²) in [6, 6.07) is 5.09. The lowest BCUT2D eigenvalue weighted by atomic mass is 10.2. The first-order chi connectivity index (χ1) is 13.1. The Morgan fingerprint density at radius 1 is 1.21 bits per heavy atom. The Labute approximate surface area is 171 Å². The first-order valence-electron chi connectivity index (χ1n) is 7.63. The van der Waals surface area contributed by atoms with Crippen LogP contribution in [0.2, 0.25) is 15.1 Å². The average Bonchev–Trinajstić information content (AvgIpc) is 3.14. The van der Waals surface area contributed by atoms with Crippen molar-refractivity contribution in [1.29, 1.82) is 0 Å². The molecule has 6 nitrogen and oxygen atoms in total. The van der Waals surface area contributed by atoms with E-state index in [1.807, 2.05) is 0 Å². The fraction of sp³-hybridized carbons (Fsp3) is 0.188. The molecule has 0 aliphatic rings. The molecule has 0 spiro atoms. The van der Waals surface area contributed by atoms with Gasteiger partial charge in [-0.15, -0.1) is 0 Å². The summed E-state index contributed by atoms with van der Waals surface area (Å²) >= 11 is 17.5. The van der Waals surface area contributed by atoms with Crippen molar-refractivity contribution in [2.45, 2.75) is 12.7 Å². The van der Waals surface area contributed by atoms with Gasteiger partial charge in [0, 0.05) is 13.2 Å². The second-order valence-corrected chi connectivity index (χ2v) is 6.95. The van der Waals surface area contributed by atoms with Crippen LogP contribution in [0.3, 0.4) is 0 Å². The molecule has 3 rings (SSSR count). The highest BCUT2D eigenvalue weighted by atomic mass is 35.5. The standard InChI is InChI=1S/C16H11Cl3F3N5O/c1-26-13(12(19)14(25-26)16(20,21)22)15(28)24-9-5-23-27(7-9)6-8-2-3-10(17)11(18)4-8/h2-5,7H,6H2,1H3,(H,24,28). The molecule has 0 aliphatic heterocycles. The number of nitrogens with zero attached hydrogens (tertiary/aromatic N) is 4. The molecule has 0 bridgehead atoms. The molecule has 148 valence electrons. The van der Waals surface area contributed by atoms with Gasteiger partial charge in [0.15, 0.2) is 5.69 Å². The number of rotatable bonds is 4. The van der Waals surface area contributed by atoms with Gasteiger partial charge in [-0.25, -0.2) is 0 Å². The third-order valence-corrected chi connectivity index (χ3v) is 4.79. The summed E-state index contributed by atoms with van der Waals surface area (Å²) in [4.78, 5) is 12.4. The molecule has 2 heterocycles. The van der Waals surface area contributed by atoms with Gasteiger partial charge in [-0.1, -0.05) is 40.9 Å². The van der Waals surface area contributed by atoms with E-state index in [-0.39, 0.29) is 5.69 Å². The van der Waals surface area contributed by atoms with E-state index in [1.54, 1.807) is 18.2 Å². The predicted octanol–water partition coefficient (Wildman–Crippen LogP) is 4.90. The minimum atomic E-state index is -4.77. The van der Waals surface area contributed by atoms with Gasteiger partial charge >= 0.3 is 6.18 Å². The molecular weight excluding hydrogens is 442 g/mol.